The Labute approximate surface area is 397 Å². The summed E-state index contributed by atoms with van der Waals surface area (Å²) in [6, 6.07) is 0. The van der Waals surface area contributed by atoms with Crippen LogP contribution >= 0.6 is 0 Å². The monoisotopic (exact) mass is 897 g/mol. The zero-order valence-electron chi connectivity index (χ0n) is 42.6. The summed E-state index contributed by atoms with van der Waals surface area (Å²) in [6.07, 6.45) is 64.0. The molecule has 1 unspecified atom stereocenters. The number of rotatable bonds is 50. The van der Waals surface area contributed by atoms with Crippen LogP contribution in [0, 0.1) is 0 Å². The van der Waals surface area contributed by atoms with E-state index in [1.54, 1.807) is 0 Å². The Morgan fingerprint density at radius 3 is 0.953 bits per heavy atom. The van der Waals surface area contributed by atoms with Gasteiger partial charge >= 0.3 is 17.9 Å². The summed E-state index contributed by atoms with van der Waals surface area (Å²) in [5.74, 6) is -0.875. The van der Waals surface area contributed by atoms with Crippen molar-refractivity contribution < 1.29 is 28.6 Å². The van der Waals surface area contributed by atoms with Crippen LogP contribution in [0.3, 0.4) is 0 Å². The number of hydrogen-bond acceptors (Lipinski definition) is 6. The summed E-state index contributed by atoms with van der Waals surface area (Å²) in [5.41, 5.74) is 0. The first-order chi connectivity index (χ1) is 31.5. The summed E-state index contributed by atoms with van der Waals surface area (Å²) in [7, 11) is 0. The lowest BCUT2D eigenvalue weighted by Crippen LogP contribution is -2.30. The van der Waals surface area contributed by atoms with Gasteiger partial charge in [0.1, 0.15) is 13.2 Å². The number of carbonyl (C=O) groups is 3. The maximum atomic E-state index is 12.8. The van der Waals surface area contributed by atoms with Crippen molar-refractivity contribution >= 4 is 17.9 Å². The Balaban J connectivity index is 4.20. The van der Waals surface area contributed by atoms with Crippen LogP contribution in [-0.4, -0.2) is 37.2 Å². The molecule has 0 amide bonds. The first kappa shape index (κ1) is 61.4. The van der Waals surface area contributed by atoms with Gasteiger partial charge < -0.3 is 14.2 Å². The van der Waals surface area contributed by atoms with Gasteiger partial charge in [0.15, 0.2) is 6.10 Å². The fourth-order valence-electron chi connectivity index (χ4n) is 7.96. The Morgan fingerprint density at radius 1 is 0.328 bits per heavy atom. The number of carbonyl (C=O) groups excluding carboxylic acids is 3. The molecule has 0 heterocycles. The van der Waals surface area contributed by atoms with Gasteiger partial charge in [-0.05, 0) is 57.8 Å². The van der Waals surface area contributed by atoms with Crippen molar-refractivity contribution in [2.75, 3.05) is 13.2 Å². The van der Waals surface area contributed by atoms with E-state index in [2.05, 4.69) is 69.4 Å². The molecule has 0 N–H and O–H groups in total. The molecule has 0 aromatic carbocycles. The molecule has 0 aliphatic carbocycles. The first-order valence-corrected chi connectivity index (χ1v) is 27.6. The highest BCUT2D eigenvalue weighted by Gasteiger charge is 2.19. The molecule has 0 saturated heterocycles. The second-order valence-corrected chi connectivity index (χ2v) is 18.5. The molecule has 0 aromatic rings. The van der Waals surface area contributed by atoms with Crippen LogP contribution in [0.5, 0.6) is 0 Å². The van der Waals surface area contributed by atoms with Gasteiger partial charge in [0.05, 0.1) is 0 Å². The molecule has 0 aromatic heterocycles. The van der Waals surface area contributed by atoms with E-state index in [1.807, 2.05) is 0 Å². The normalized spacial score (nSPS) is 12.4. The zero-order chi connectivity index (χ0) is 46.5. The summed E-state index contributed by atoms with van der Waals surface area (Å²) in [6.45, 7) is 6.51. The minimum Gasteiger partial charge on any atom is -0.462 e. The Bertz CT molecular complexity index is 1120. The molecule has 0 bridgehead atoms. The molecular formula is C58H104O6. The van der Waals surface area contributed by atoms with E-state index in [9.17, 15) is 14.4 Å². The quantitative estimate of drug-likeness (QED) is 0.0262. The average molecular weight is 897 g/mol. The van der Waals surface area contributed by atoms with Gasteiger partial charge in [-0.1, -0.05) is 256 Å². The lowest BCUT2D eigenvalue weighted by atomic mass is 10.0. The van der Waals surface area contributed by atoms with Crippen molar-refractivity contribution in [3.05, 3.63) is 48.6 Å². The van der Waals surface area contributed by atoms with Crippen molar-refractivity contribution in [2.24, 2.45) is 0 Å². The highest BCUT2D eigenvalue weighted by Crippen LogP contribution is 2.16. The molecular weight excluding hydrogens is 793 g/mol. The highest BCUT2D eigenvalue weighted by atomic mass is 16.6. The van der Waals surface area contributed by atoms with E-state index in [4.69, 9.17) is 14.2 Å². The zero-order valence-corrected chi connectivity index (χ0v) is 42.6. The molecule has 0 radical (unpaired) electrons. The minimum atomic E-state index is -0.770. The lowest BCUT2D eigenvalue weighted by Gasteiger charge is -2.18. The van der Waals surface area contributed by atoms with Crippen molar-refractivity contribution in [1.82, 2.24) is 0 Å². The molecule has 1 atom stereocenters. The van der Waals surface area contributed by atoms with Crippen molar-refractivity contribution in [1.29, 1.82) is 0 Å². The minimum absolute atomic E-state index is 0.0725. The predicted octanol–water partition coefficient (Wildman–Crippen LogP) is 18.3. The molecule has 0 aliphatic heterocycles. The van der Waals surface area contributed by atoms with Crippen LogP contribution in [0.4, 0.5) is 0 Å². The highest BCUT2D eigenvalue weighted by molar-refractivity contribution is 5.71. The molecule has 372 valence electrons. The fraction of sp³-hybridized carbons (Fsp3) is 0.810. The molecule has 0 spiro atoms. The smallest absolute Gasteiger partial charge is 0.306 e. The third-order valence-corrected chi connectivity index (χ3v) is 12.1. The molecule has 6 nitrogen and oxygen atoms in total. The molecule has 0 aliphatic rings. The molecule has 0 saturated carbocycles. The average Bonchev–Trinajstić information content (AvgIpc) is 3.29. The molecule has 64 heavy (non-hydrogen) atoms. The third-order valence-electron chi connectivity index (χ3n) is 12.1. The van der Waals surface area contributed by atoms with Crippen LogP contribution in [-0.2, 0) is 28.6 Å². The second kappa shape index (κ2) is 53.0. The third kappa shape index (κ3) is 50.4. The molecule has 0 rings (SSSR count). The van der Waals surface area contributed by atoms with E-state index >= 15 is 0 Å². The van der Waals surface area contributed by atoms with E-state index < -0.39 is 6.10 Å². The van der Waals surface area contributed by atoms with E-state index in [0.717, 1.165) is 89.9 Å². The number of esters is 3. The topological polar surface area (TPSA) is 78.9 Å². The molecule has 6 heteroatoms. The van der Waals surface area contributed by atoms with Gasteiger partial charge in [0, 0.05) is 19.3 Å². The predicted molar refractivity (Wildman–Crippen MR) is 275 cm³/mol. The van der Waals surface area contributed by atoms with E-state index in [-0.39, 0.29) is 31.1 Å². The number of ether oxygens (including phenoxy) is 3. The first-order valence-electron chi connectivity index (χ1n) is 27.6. The van der Waals surface area contributed by atoms with Gasteiger partial charge in [0.25, 0.3) is 0 Å². The second-order valence-electron chi connectivity index (χ2n) is 18.5. The summed E-state index contributed by atoms with van der Waals surface area (Å²) < 4.78 is 16.8. The maximum absolute atomic E-state index is 12.8. The van der Waals surface area contributed by atoms with Crippen LogP contribution in [0.25, 0.3) is 0 Å². The van der Waals surface area contributed by atoms with E-state index in [0.29, 0.717) is 19.3 Å². The number of hydrogen-bond donors (Lipinski definition) is 0. The van der Waals surface area contributed by atoms with Crippen molar-refractivity contribution in [3.63, 3.8) is 0 Å². The van der Waals surface area contributed by atoms with Crippen molar-refractivity contribution in [2.45, 2.75) is 290 Å². The molecule has 0 fully saturated rings. The fourth-order valence-corrected chi connectivity index (χ4v) is 7.96. The lowest BCUT2D eigenvalue weighted by molar-refractivity contribution is -0.167. The summed E-state index contributed by atoms with van der Waals surface area (Å²) in [4.78, 5) is 37.9. The Hall–Kier alpha value is -2.63. The van der Waals surface area contributed by atoms with Crippen LogP contribution in [0.1, 0.15) is 284 Å². The van der Waals surface area contributed by atoms with Gasteiger partial charge in [0.2, 0.25) is 0 Å². The van der Waals surface area contributed by atoms with Crippen LogP contribution in [0.15, 0.2) is 48.6 Å². The van der Waals surface area contributed by atoms with Gasteiger partial charge in [-0.2, -0.15) is 0 Å². The van der Waals surface area contributed by atoms with Crippen LogP contribution < -0.4 is 0 Å². The summed E-state index contributed by atoms with van der Waals surface area (Å²) >= 11 is 0. The standard InChI is InChI=1S/C58H104O6/c1-4-7-10-13-16-18-20-22-24-26-28-29-30-32-33-35-37-39-42-45-48-51-57(60)63-54-55(53-62-56(59)50-47-44-41-15-12-9-6-3)64-58(61)52-49-46-43-40-38-36-34-31-27-25-23-21-19-17-14-11-8-5-2/h7,10,16,18,22,24,28-29,55H,4-6,8-9,11-15,17,19-21,23,25-27,30-54H2,1-3H3/b10-7-,18-16-,24-22-,29-28-. The SMILES string of the molecule is CC/C=C\C/C=C\C/C=C\C/C=C\CCCCCCCCCCC(=O)OCC(COC(=O)CCCCCCCCC)OC(=O)CCCCCCCCCCCCCCCCCCCC. The number of unbranched alkanes of at least 4 members (excludes halogenated alkanes) is 31. The van der Waals surface area contributed by atoms with Gasteiger partial charge in [-0.25, -0.2) is 0 Å². The van der Waals surface area contributed by atoms with Gasteiger partial charge in [-0.3, -0.25) is 14.4 Å². The Kier molecular flexibility index (Phi) is 50.8. The van der Waals surface area contributed by atoms with Gasteiger partial charge in [-0.15, -0.1) is 0 Å². The Morgan fingerprint density at radius 2 is 0.609 bits per heavy atom. The van der Waals surface area contributed by atoms with E-state index in [1.165, 1.54) is 154 Å². The van der Waals surface area contributed by atoms with Crippen molar-refractivity contribution in [3.8, 4) is 0 Å². The largest absolute Gasteiger partial charge is 0.462 e. The van der Waals surface area contributed by atoms with Crippen LogP contribution in [0.2, 0.25) is 0 Å². The number of allylic oxidation sites excluding steroid dienone is 8. The maximum Gasteiger partial charge on any atom is 0.306 e. The summed E-state index contributed by atoms with van der Waals surface area (Å²) in [5, 5.41) is 0.